The van der Waals surface area contributed by atoms with Crippen molar-refractivity contribution in [1.82, 2.24) is 0 Å². The summed E-state index contributed by atoms with van der Waals surface area (Å²) in [6, 6.07) is 1.95. The Kier molecular flexibility index (Phi) is 5.02. The van der Waals surface area contributed by atoms with Crippen molar-refractivity contribution in [2.45, 2.75) is 25.8 Å². The van der Waals surface area contributed by atoms with Gasteiger partial charge in [0.15, 0.2) is 0 Å². The first kappa shape index (κ1) is 15.6. The molecule has 2 unspecified atom stereocenters. The van der Waals surface area contributed by atoms with Gasteiger partial charge in [-0.3, -0.25) is 5.41 Å². The number of primary amides is 1. The molecule has 0 heterocycles. The van der Waals surface area contributed by atoms with Crippen LogP contribution in [0.25, 0.3) is 0 Å². The fourth-order valence-corrected chi connectivity index (χ4v) is 2.16. The number of benzene rings is 1. The maximum atomic E-state index is 13.9. The largest absolute Gasteiger partial charge is 0.411 e. The first-order valence-electron chi connectivity index (χ1n) is 5.51. The average Bonchev–Trinajstić information content (AvgIpc) is 2.32. The van der Waals surface area contributed by atoms with Gasteiger partial charge in [0.25, 0.3) is 0 Å². The van der Waals surface area contributed by atoms with Crippen molar-refractivity contribution in [3.63, 3.8) is 0 Å². The standard InChI is InChI=1S/C12H15BrFN3O2/c1-5-7(13)3-4-8(14)9(5)6(2)10(15)11(16)19-12(17)18/h3-4,6,10,16H,15H2,1-2H3,(H2,17,18). The molecule has 0 aliphatic rings. The molecular formula is C12H15BrFN3O2. The number of carbonyl (C=O) groups is 1. The number of hydrogen-bond acceptors (Lipinski definition) is 4. The van der Waals surface area contributed by atoms with Gasteiger partial charge in [-0.2, -0.15) is 0 Å². The minimum absolute atomic E-state index is 0.375. The van der Waals surface area contributed by atoms with E-state index in [2.05, 4.69) is 20.7 Å². The van der Waals surface area contributed by atoms with Crippen LogP contribution < -0.4 is 11.5 Å². The van der Waals surface area contributed by atoms with Gasteiger partial charge in [0.1, 0.15) is 5.82 Å². The number of rotatable bonds is 3. The average molecular weight is 332 g/mol. The minimum atomic E-state index is -1.11. The van der Waals surface area contributed by atoms with Gasteiger partial charge in [0.2, 0.25) is 5.90 Å². The van der Waals surface area contributed by atoms with Crippen molar-refractivity contribution in [3.8, 4) is 0 Å². The summed E-state index contributed by atoms with van der Waals surface area (Å²) in [5.41, 5.74) is 11.7. The molecule has 0 spiro atoms. The number of amides is 1. The fourth-order valence-electron chi connectivity index (χ4n) is 1.81. The van der Waals surface area contributed by atoms with Crippen LogP contribution in [0.15, 0.2) is 16.6 Å². The smallest absolute Gasteiger partial charge is 0.394 e. The Morgan fingerprint density at radius 3 is 2.63 bits per heavy atom. The minimum Gasteiger partial charge on any atom is -0.394 e. The van der Waals surface area contributed by atoms with E-state index in [1.54, 1.807) is 19.9 Å². The highest BCUT2D eigenvalue weighted by molar-refractivity contribution is 9.10. The molecule has 0 fully saturated rings. The summed E-state index contributed by atoms with van der Waals surface area (Å²) >= 11 is 3.31. The molecule has 5 nitrogen and oxygen atoms in total. The number of hydrogen-bond donors (Lipinski definition) is 3. The Morgan fingerprint density at radius 1 is 1.53 bits per heavy atom. The van der Waals surface area contributed by atoms with Gasteiger partial charge in [-0.05, 0) is 30.2 Å². The lowest BCUT2D eigenvalue weighted by Crippen LogP contribution is -2.39. The molecule has 1 aromatic rings. The monoisotopic (exact) mass is 331 g/mol. The van der Waals surface area contributed by atoms with Crippen LogP contribution in [0, 0.1) is 18.2 Å². The van der Waals surface area contributed by atoms with Crippen molar-refractivity contribution in [3.05, 3.63) is 33.5 Å². The third-order valence-electron chi connectivity index (χ3n) is 2.90. The van der Waals surface area contributed by atoms with Crippen LogP contribution in [0.5, 0.6) is 0 Å². The highest BCUT2D eigenvalue weighted by Crippen LogP contribution is 2.30. The van der Waals surface area contributed by atoms with Crippen LogP contribution in [-0.4, -0.2) is 18.0 Å². The van der Waals surface area contributed by atoms with Gasteiger partial charge >= 0.3 is 6.09 Å². The molecule has 5 N–H and O–H groups in total. The summed E-state index contributed by atoms with van der Waals surface area (Å²) in [5, 5.41) is 7.52. The third-order valence-corrected chi connectivity index (χ3v) is 3.76. The second-order valence-corrected chi connectivity index (χ2v) is 5.02. The zero-order valence-corrected chi connectivity index (χ0v) is 12.1. The quantitative estimate of drug-likeness (QED) is 0.585. The molecule has 0 aromatic heterocycles. The molecule has 0 saturated carbocycles. The van der Waals surface area contributed by atoms with Crippen LogP contribution in [0.2, 0.25) is 0 Å². The van der Waals surface area contributed by atoms with Gasteiger partial charge in [0.05, 0.1) is 6.04 Å². The summed E-state index contributed by atoms with van der Waals surface area (Å²) in [6.45, 7) is 3.39. The lowest BCUT2D eigenvalue weighted by molar-refractivity contribution is 0.204. The number of nitrogens with one attached hydrogen (secondary N) is 1. The van der Waals surface area contributed by atoms with Crippen LogP contribution in [0.3, 0.4) is 0 Å². The van der Waals surface area contributed by atoms with E-state index in [9.17, 15) is 9.18 Å². The number of ether oxygens (including phenoxy) is 1. The van der Waals surface area contributed by atoms with E-state index in [-0.39, 0.29) is 0 Å². The van der Waals surface area contributed by atoms with E-state index in [0.717, 1.165) is 4.47 Å². The predicted molar refractivity (Wildman–Crippen MR) is 73.6 cm³/mol. The summed E-state index contributed by atoms with van der Waals surface area (Å²) in [7, 11) is 0. The highest BCUT2D eigenvalue weighted by atomic mass is 79.9. The molecule has 1 aromatic carbocycles. The first-order valence-corrected chi connectivity index (χ1v) is 6.30. The molecule has 1 rings (SSSR count). The zero-order valence-electron chi connectivity index (χ0n) is 10.5. The van der Waals surface area contributed by atoms with E-state index in [1.165, 1.54) is 6.07 Å². The summed E-state index contributed by atoms with van der Waals surface area (Å²) < 4.78 is 19.1. The van der Waals surface area contributed by atoms with Crippen LogP contribution in [0.4, 0.5) is 9.18 Å². The Bertz CT molecular complexity index is 522. The highest BCUT2D eigenvalue weighted by Gasteiger charge is 2.26. The van der Waals surface area contributed by atoms with Gasteiger partial charge < -0.3 is 16.2 Å². The molecule has 19 heavy (non-hydrogen) atoms. The first-order chi connectivity index (χ1) is 8.75. The summed E-state index contributed by atoms with van der Waals surface area (Å²) in [6.07, 6.45) is -1.11. The van der Waals surface area contributed by atoms with Crippen LogP contribution in [-0.2, 0) is 4.74 Å². The molecule has 0 aliphatic heterocycles. The number of halogens is 2. The van der Waals surface area contributed by atoms with E-state index in [0.29, 0.717) is 11.1 Å². The fraction of sp³-hybridized carbons (Fsp3) is 0.333. The van der Waals surface area contributed by atoms with E-state index in [4.69, 9.17) is 16.9 Å². The van der Waals surface area contributed by atoms with Gasteiger partial charge in [-0.15, -0.1) is 0 Å². The summed E-state index contributed by atoms with van der Waals surface area (Å²) in [4.78, 5) is 10.6. The number of nitrogens with two attached hydrogens (primary N) is 2. The van der Waals surface area contributed by atoms with Crippen molar-refractivity contribution < 1.29 is 13.9 Å². The molecule has 0 bridgehead atoms. The summed E-state index contributed by atoms with van der Waals surface area (Å²) in [5.74, 6) is -1.45. The number of carbonyl (C=O) groups excluding carboxylic acids is 1. The van der Waals surface area contributed by atoms with Crippen LogP contribution >= 0.6 is 15.9 Å². The molecule has 2 atom stereocenters. The van der Waals surface area contributed by atoms with Crippen LogP contribution in [0.1, 0.15) is 24.0 Å². The Morgan fingerprint density at radius 2 is 2.11 bits per heavy atom. The van der Waals surface area contributed by atoms with Crippen molar-refractivity contribution in [2.75, 3.05) is 0 Å². The molecule has 0 aliphatic carbocycles. The maximum Gasteiger partial charge on any atom is 0.411 e. The normalized spacial score (nSPS) is 13.7. The maximum absolute atomic E-state index is 13.9. The van der Waals surface area contributed by atoms with Gasteiger partial charge in [-0.1, -0.05) is 22.9 Å². The molecule has 0 radical (unpaired) electrons. The SMILES string of the molecule is Cc1c(Br)ccc(F)c1C(C)C(N)C(=N)OC(N)=O. The van der Waals surface area contributed by atoms with Crippen molar-refractivity contribution >= 4 is 27.9 Å². The Hall–Kier alpha value is -1.47. The predicted octanol–water partition coefficient (Wildman–Crippen LogP) is 2.40. The van der Waals surface area contributed by atoms with E-state index < -0.39 is 29.8 Å². The molecule has 7 heteroatoms. The van der Waals surface area contributed by atoms with Gasteiger partial charge in [0, 0.05) is 10.4 Å². The molecule has 1 amide bonds. The van der Waals surface area contributed by atoms with Crippen molar-refractivity contribution in [2.24, 2.45) is 11.5 Å². The molecule has 0 saturated heterocycles. The lowest BCUT2D eigenvalue weighted by atomic mass is 9.90. The Labute approximate surface area is 118 Å². The van der Waals surface area contributed by atoms with E-state index in [1.807, 2.05) is 0 Å². The lowest BCUT2D eigenvalue weighted by Gasteiger charge is -2.22. The second-order valence-electron chi connectivity index (χ2n) is 4.17. The van der Waals surface area contributed by atoms with Crippen molar-refractivity contribution in [1.29, 1.82) is 5.41 Å². The Balaban J connectivity index is 3.06. The zero-order chi connectivity index (χ0) is 14.7. The second kappa shape index (κ2) is 6.12. The third kappa shape index (κ3) is 3.51. The molecule has 104 valence electrons. The van der Waals surface area contributed by atoms with E-state index >= 15 is 0 Å². The van der Waals surface area contributed by atoms with Gasteiger partial charge in [-0.25, -0.2) is 9.18 Å². The molecular weight excluding hydrogens is 317 g/mol. The topological polar surface area (TPSA) is 102 Å².